The monoisotopic (exact) mass is 253 g/mol. The van der Waals surface area contributed by atoms with Gasteiger partial charge in [-0.15, -0.1) is 0 Å². The second kappa shape index (κ2) is 3.46. The standard InChI is InChI=1S/C10H8BrNO2/c1-12-9(8(11)10(13)14-12)7-5-3-2-4-6-7/h2-6H,1H3. The lowest BCUT2D eigenvalue weighted by molar-refractivity contribution is 0.288. The second-order valence-corrected chi connectivity index (χ2v) is 3.70. The van der Waals surface area contributed by atoms with Crippen molar-refractivity contribution in [2.45, 2.75) is 0 Å². The molecule has 1 aromatic heterocycles. The van der Waals surface area contributed by atoms with Crippen LogP contribution < -0.4 is 5.63 Å². The Morgan fingerprint density at radius 3 is 2.43 bits per heavy atom. The Balaban J connectivity index is 2.69. The summed E-state index contributed by atoms with van der Waals surface area (Å²) in [4.78, 5) is 11.2. The molecule has 0 atom stereocenters. The van der Waals surface area contributed by atoms with Crippen molar-refractivity contribution < 1.29 is 4.52 Å². The maximum atomic E-state index is 11.2. The molecule has 14 heavy (non-hydrogen) atoms. The minimum absolute atomic E-state index is 0.355. The minimum Gasteiger partial charge on any atom is -0.335 e. The summed E-state index contributed by atoms with van der Waals surface area (Å²) in [5, 5.41) is 0. The zero-order valence-corrected chi connectivity index (χ0v) is 9.11. The van der Waals surface area contributed by atoms with E-state index in [0.29, 0.717) is 4.47 Å². The number of nitrogens with zero attached hydrogens (tertiary/aromatic N) is 1. The highest BCUT2D eigenvalue weighted by Crippen LogP contribution is 2.24. The van der Waals surface area contributed by atoms with Gasteiger partial charge in [-0.2, -0.15) is 0 Å². The second-order valence-electron chi connectivity index (χ2n) is 2.90. The maximum Gasteiger partial charge on any atom is 0.372 e. The highest BCUT2D eigenvalue weighted by molar-refractivity contribution is 9.10. The first kappa shape index (κ1) is 9.27. The van der Waals surface area contributed by atoms with Crippen molar-refractivity contribution >= 4 is 15.9 Å². The molecular formula is C10H8BrNO2. The molecule has 1 heterocycles. The number of aryl methyl sites for hydroxylation is 1. The van der Waals surface area contributed by atoms with Crippen molar-refractivity contribution in [2.24, 2.45) is 7.05 Å². The van der Waals surface area contributed by atoms with E-state index in [2.05, 4.69) is 15.9 Å². The van der Waals surface area contributed by atoms with Gasteiger partial charge in [0.05, 0.1) is 0 Å². The summed E-state index contributed by atoms with van der Waals surface area (Å²) in [6.45, 7) is 0. The fourth-order valence-corrected chi connectivity index (χ4v) is 1.90. The van der Waals surface area contributed by atoms with E-state index in [1.54, 1.807) is 7.05 Å². The molecule has 1 aromatic carbocycles. The van der Waals surface area contributed by atoms with Crippen molar-refractivity contribution in [2.75, 3.05) is 0 Å². The third-order valence-corrected chi connectivity index (χ3v) is 2.67. The summed E-state index contributed by atoms with van der Waals surface area (Å²) in [6, 6.07) is 9.61. The fourth-order valence-electron chi connectivity index (χ4n) is 1.35. The van der Waals surface area contributed by atoms with Gasteiger partial charge in [0.1, 0.15) is 10.2 Å². The summed E-state index contributed by atoms with van der Waals surface area (Å²) in [7, 11) is 1.70. The van der Waals surface area contributed by atoms with Crippen LogP contribution in [0, 0.1) is 0 Å². The molecule has 0 N–H and O–H groups in total. The van der Waals surface area contributed by atoms with Gasteiger partial charge >= 0.3 is 5.63 Å². The molecule has 0 saturated heterocycles. The molecule has 0 saturated carbocycles. The van der Waals surface area contributed by atoms with E-state index in [-0.39, 0.29) is 5.63 Å². The van der Waals surface area contributed by atoms with Crippen LogP contribution in [0.5, 0.6) is 0 Å². The molecule has 3 nitrogen and oxygen atoms in total. The average Bonchev–Trinajstić information content (AvgIpc) is 2.43. The molecule has 0 amide bonds. The number of halogens is 1. The van der Waals surface area contributed by atoms with Gasteiger partial charge in [0.2, 0.25) is 0 Å². The number of rotatable bonds is 1. The summed E-state index contributed by atoms with van der Waals surface area (Å²) in [5.74, 6) is 0. The van der Waals surface area contributed by atoms with E-state index in [0.717, 1.165) is 11.3 Å². The largest absolute Gasteiger partial charge is 0.372 e. The molecule has 0 spiro atoms. The zero-order valence-electron chi connectivity index (χ0n) is 7.53. The van der Waals surface area contributed by atoms with E-state index >= 15 is 0 Å². The number of aromatic nitrogens is 1. The Bertz CT molecular complexity index is 499. The van der Waals surface area contributed by atoms with Gasteiger partial charge < -0.3 is 4.52 Å². The third kappa shape index (κ3) is 1.42. The Hall–Kier alpha value is -1.29. The van der Waals surface area contributed by atoms with Gasteiger partial charge in [-0.05, 0) is 15.9 Å². The van der Waals surface area contributed by atoms with E-state index in [1.165, 1.54) is 4.74 Å². The Morgan fingerprint density at radius 1 is 1.29 bits per heavy atom. The average molecular weight is 254 g/mol. The molecule has 4 heteroatoms. The first-order valence-electron chi connectivity index (χ1n) is 4.11. The SMILES string of the molecule is Cn1oc(=O)c(Br)c1-c1ccccc1. The first-order valence-corrected chi connectivity index (χ1v) is 4.90. The molecule has 0 unspecified atom stereocenters. The van der Waals surface area contributed by atoms with Gasteiger partial charge in [-0.25, -0.2) is 9.53 Å². The maximum absolute atomic E-state index is 11.2. The van der Waals surface area contributed by atoms with Crippen LogP contribution in [0.15, 0.2) is 44.1 Å². The van der Waals surface area contributed by atoms with Crippen LogP contribution in [-0.4, -0.2) is 4.74 Å². The van der Waals surface area contributed by atoms with Crippen molar-refractivity contribution in [3.05, 3.63) is 45.2 Å². The molecule has 0 radical (unpaired) electrons. The van der Waals surface area contributed by atoms with Crippen LogP contribution in [0.3, 0.4) is 0 Å². The van der Waals surface area contributed by atoms with Gasteiger partial charge in [0.15, 0.2) is 0 Å². The van der Waals surface area contributed by atoms with Crippen LogP contribution >= 0.6 is 15.9 Å². The highest BCUT2D eigenvalue weighted by atomic mass is 79.9. The Kier molecular flexibility index (Phi) is 2.29. The normalized spacial score (nSPS) is 10.4. The molecule has 2 aromatic rings. The highest BCUT2D eigenvalue weighted by Gasteiger charge is 2.13. The molecule has 0 aliphatic carbocycles. The van der Waals surface area contributed by atoms with Crippen molar-refractivity contribution in [1.82, 2.24) is 4.74 Å². The van der Waals surface area contributed by atoms with Crippen molar-refractivity contribution in [3.8, 4) is 11.3 Å². The van der Waals surface area contributed by atoms with Crippen LogP contribution in [0.2, 0.25) is 0 Å². The van der Waals surface area contributed by atoms with Gasteiger partial charge in [0.25, 0.3) is 0 Å². The number of benzene rings is 1. The van der Waals surface area contributed by atoms with Crippen LogP contribution in [0.25, 0.3) is 11.3 Å². The van der Waals surface area contributed by atoms with Gasteiger partial charge in [-0.3, -0.25) is 0 Å². The van der Waals surface area contributed by atoms with Gasteiger partial charge in [0, 0.05) is 12.6 Å². The summed E-state index contributed by atoms with van der Waals surface area (Å²) in [5.41, 5.74) is 1.36. The predicted molar refractivity (Wildman–Crippen MR) is 57.1 cm³/mol. The first-order chi connectivity index (χ1) is 6.70. The lowest BCUT2D eigenvalue weighted by Crippen LogP contribution is -1.91. The van der Waals surface area contributed by atoms with Crippen LogP contribution in [0.1, 0.15) is 0 Å². The lowest BCUT2D eigenvalue weighted by Gasteiger charge is -2.00. The van der Waals surface area contributed by atoms with E-state index in [4.69, 9.17) is 4.52 Å². The summed E-state index contributed by atoms with van der Waals surface area (Å²) >= 11 is 3.21. The molecule has 0 aliphatic heterocycles. The molecule has 0 fully saturated rings. The topological polar surface area (TPSA) is 35.1 Å². The summed E-state index contributed by atoms with van der Waals surface area (Å²) in [6.07, 6.45) is 0. The Labute approximate surface area is 89.1 Å². The van der Waals surface area contributed by atoms with Gasteiger partial charge in [-0.1, -0.05) is 30.3 Å². The van der Waals surface area contributed by atoms with E-state index in [1.807, 2.05) is 30.3 Å². The molecule has 2 rings (SSSR count). The van der Waals surface area contributed by atoms with Crippen molar-refractivity contribution in [3.63, 3.8) is 0 Å². The molecule has 72 valence electrons. The zero-order chi connectivity index (χ0) is 10.1. The van der Waals surface area contributed by atoms with Crippen LogP contribution in [-0.2, 0) is 7.05 Å². The Morgan fingerprint density at radius 2 is 1.93 bits per heavy atom. The lowest BCUT2D eigenvalue weighted by atomic mass is 10.1. The molecular weight excluding hydrogens is 246 g/mol. The minimum atomic E-state index is -0.355. The quantitative estimate of drug-likeness (QED) is 0.783. The predicted octanol–water partition coefficient (Wildman–Crippen LogP) is 2.41. The van der Waals surface area contributed by atoms with Crippen molar-refractivity contribution in [1.29, 1.82) is 0 Å². The molecule has 0 aliphatic rings. The molecule has 0 bridgehead atoms. The van der Waals surface area contributed by atoms with E-state index in [9.17, 15) is 4.79 Å². The third-order valence-electron chi connectivity index (χ3n) is 1.97. The van der Waals surface area contributed by atoms with Crippen LogP contribution in [0.4, 0.5) is 0 Å². The van der Waals surface area contributed by atoms with E-state index < -0.39 is 0 Å². The summed E-state index contributed by atoms with van der Waals surface area (Å²) < 4.78 is 6.84. The number of hydrogen-bond acceptors (Lipinski definition) is 2. The number of hydrogen-bond donors (Lipinski definition) is 0. The smallest absolute Gasteiger partial charge is 0.335 e. The fraction of sp³-hybridized carbons (Fsp3) is 0.100.